The van der Waals surface area contributed by atoms with E-state index >= 15 is 0 Å². The lowest BCUT2D eigenvalue weighted by molar-refractivity contribution is -0.122. The maximum Gasteiger partial charge on any atom is 0.247 e. The second-order valence-corrected chi connectivity index (χ2v) is 4.86. The van der Waals surface area contributed by atoms with Crippen molar-refractivity contribution in [2.45, 2.75) is 18.9 Å². The Labute approximate surface area is 111 Å². The van der Waals surface area contributed by atoms with Gasteiger partial charge in [-0.25, -0.2) is 4.98 Å². The zero-order valence-corrected chi connectivity index (χ0v) is 11.0. The van der Waals surface area contributed by atoms with Crippen LogP contribution in [0.25, 0.3) is 0 Å². The van der Waals surface area contributed by atoms with Crippen molar-refractivity contribution in [1.82, 2.24) is 10.3 Å². The minimum Gasteiger partial charge on any atom is -0.344 e. The average molecular weight is 319 g/mol. The van der Waals surface area contributed by atoms with Gasteiger partial charge in [0.15, 0.2) is 0 Å². The number of amides is 2. The Morgan fingerprint density at radius 2 is 2.41 bits per heavy atom. The third-order valence-electron chi connectivity index (χ3n) is 2.38. The molecule has 1 aliphatic heterocycles. The third-order valence-corrected chi connectivity index (χ3v) is 3.51. The highest BCUT2D eigenvalue weighted by Crippen LogP contribution is 2.23. The maximum atomic E-state index is 11.8. The number of carbonyl (C=O) groups is 2. The van der Waals surface area contributed by atoms with Gasteiger partial charge in [0, 0.05) is 6.42 Å². The zero-order valence-electron chi connectivity index (χ0n) is 8.67. The van der Waals surface area contributed by atoms with E-state index in [9.17, 15) is 9.59 Å². The van der Waals surface area contributed by atoms with E-state index in [0.29, 0.717) is 28.2 Å². The Morgan fingerprint density at radius 3 is 3.00 bits per heavy atom. The summed E-state index contributed by atoms with van der Waals surface area (Å²) in [6.07, 6.45) is 2.37. The molecule has 0 saturated carbocycles. The van der Waals surface area contributed by atoms with Gasteiger partial charge in [-0.3, -0.25) is 9.59 Å². The summed E-state index contributed by atoms with van der Waals surface area (Å²) in [7, 11) is 0. The van der Waals surface area contributed by atoms with Gasteiger partial charge in [0.05, 0.1) is 16.4 Å². The summed E-state index contributed by atoms with van der Waals surface area (Å²) in [6, 6.07) is 1.20. The Morgan fingerprint density at radius 1 is 1.65 bits per heavy atom. The molecule has 1 aromatic heterocycles. The largest absolute Gasteiger partial charge is 0.344 e. The monoisotopic (exact) mass is 317 g/mol. The molecule has 1 saturated heterocycles. The van der Waals surface area contributed by atoms with Crippen LogP contribution in [0.2, 0.25) is 5.15 Å². The van der Waals surface area contributed by atoms with Gasteiger partial charge in [-0.15, -0.1) is 0 Å². The molecule has 0 radical (unpaired) electrons. The second-order valence-electron chi connectivity index (χ2n) is 3.64. The van der Waals surface area contributed by atoms with Crippen molar-refractivity contribution in [3.8, 4) is 0 Å². The number of rotatable bonds is 2. The van der Waals surface area contributed by atoms with Crippen molar-refractivity contribution in [2.75, 3.05) is 5.32 Å². The number of nitrogens with one attached hydrogen (secondary N) is 2. The van der Waals surface area contributed by atoms with Crippen LogP contribution in [0.15, 0.2) is 16.7 Å². The molecule has 5 nitrogen and oxygen atoms in total. The Balaban J connectivity index is 2.03. The first-order chi connectivity index (χ1) is 8.06. The van der Waals surface area contributed by atoms with E-state index in [1.54, 1.807) is 6.07 Å². The molecule has 0 spiro atoms. The first-order valence-electron chi connectivity index (χ1n) is 4.97. The minimum atomic E-state index is -0.461. The van der Waals surface area contributed by atoms with Crippen molar-refractivity contribution in [3.05, 3.63) is 21.9 Å². The summed E-state index contributed by atoms with van der Waals surface area (Å²) in [5, 5.41) is 5.59. The first kappa shape index (κ1) is 12.3. The molecule has 0 bridgehead atoms. The lowest BCUT2D eigenvalue weighted by Crippen LogP contribution is -2.37. The fourth-order valence-electron chi connectivity index (χ4n) is 1.53. The van der Waals surface area contributed by atoms with Gasteiger partial charge in [-0.1, -0.05) is 11.6 Å². The van der Waals surface area contributed by atoms with Gasteiger partial charge in [0.25, 0.3) is 0 Å². The van der Waals surface area contributed by atoms with Crippen LogP contribution in [-0.2, 0) is 9.59 Å². The maximum absolute atomic E-state index is 11.8. The molecule has 1 unspecified atom stereocenters. The van der Waals surface area contributed by atoms with Crippen LogP contribution in [0.3, 0.4) is 0 Å². The smallest absolute Gasteiger partial charge is 0.247 e. The Kier molecular flexibility index (Phi) is 3.63. The lowest BCUT2D eigenvalue weighted by atomic mass is 10.2. The van der Waals surface area contributed by atoms with E-state index in [-0.39, 0.29) is 11.8 Å². The number of hydrogen-bond donors (Lipinski definition) is 2. The summed E-state index contributed by atoms with van der Waals surface area (Å²) >= 11 is 8.95. The molecule has 17 heavy (non-hydrogen) atoms. The van der Waals surface area contributed by atoms with Crippen molar-refractivity contribution in [2.24, 2.45) is 0 Å². The molecule has 1 fully saturated rings. The Bertz CT molecular complexity index is 481. The summed E-state index contributed by atoms with van der Waals surface area (Å²) in [4.78, 5) is 26.6. The highest BCUT2D eigenvalue weighted by molar-refractivity contribution is 9.10. The highest BCUT2D eigenvalue weighted by Gasteiger charge is 2.27. The van der Waals surface area contributed by atoms with Crippen LogP contribution in [0, 0.1) is 0 Å². The minimum absolute atomic E-state index is 0.0967. The first-order valence-corrected chi connectivity index (χ1v) is 6.14. The van der Waals surface area contributed by atoms with Gasteiger partial charge in [-0.05, 0) is 28.4 Å². The SMILES string of the molecule is O=C1CCC(C(=O)Nc2cnc(Cl)c(Br)c2)N1. The summed E-state index contributed by atoms with van der Waals surface area (Å²) in [6.45, 7) is 0. The topological polar surface area (TPSA) is 71.1 Å². The molecule has 2 rings (SSSR count). The number of nitrogens with zero attached hydrogens (tertiary/aromatic N) is 1. The molecule has 1 aliphatic rings. The van der Waals surface area contributed by atoms with Gasteiger partial charge >= 0.3 is 0 Å². The van der Waals surface area contributed by atoms with Crippen molar-refractivity contribution in [1.29, 1.82) is 0 Å². The number of anilines is 1. The number of aromatic nitrogens is 1. The molecule has 2 amide bonds. The van der Waals surface area contributed by atoms with Gasteiger partial charge in [-0.2, -0.15) is 0 Å². The van der Waals surface area contributed by atoms with Crippen LogP contribution in [0.5, 0.6) is 0 Å². The highest BCUT2D eigenvalue weighted by atomic mass is 79.9. The van der Waals surface area contributed by atoms with E-state index in [1.165, 1.54) is 6.20 Å². The van der Waals surface area contributed by atoms with E-state index in [1.807, 2.05) is 0 Å². The second kappa shape index (κ2) is 5.01. The molecule has 0 aromatic carbocycles. The third kappa shape index (κ3) is 2.95. The zero-order chi connectivity index (χ0) is 12.4. The summed E-state index contributed by atoms with van der Waals surface area (Å²) in [5.41, 5.74) is 0.535. The lowest BCUT2D eigenvalue weighted by Gasteiger charge is -2.10. The molecule has 1 aromatic rings. The molecule has 7 heteroatoms. The summed E-state index contributed by atoms with van der Waals surface area (Å²) < 4.78 is 0.604. The van der Waals surface area contributed by atoms with E-state index < -0.39 is 6.04 Å². The van der Waals surface area contributed by atoms with Crippen LogP contribution >= 0.6 is 27.5 Å². The van der Waals surface area contributed by atoms with Crippen LogP contribution in [0.4, 0.5) is 5.69 Å². The summed E-state index contributed by atoms with van der Waals surface area (Å²) in [5.74, 6) is -0.340. The van der Waals surface area contributed by atoms with Crippen molar-refractivity contribution < 1.29 is 9.59 Å². The van der Waals surface area contributed by atoms with Crippen LogP contribution in [-0.4, -0.2) is 22.8 Å². The van der Waals surface area contributed by atoms with Gasteiger partial charge in [0.2, 0.25) is 11.8 Å². The van der Waals surface area contributed by atoms with Crippen molar-refractivity contribution >= 4 is 45.0 Å². The predicted molar refractivity (Wildman–Crippen MR) is 66.7 cm³/mol. The predicted octanol–water partition coefficient (Wildman–Crippen LogP) is 1.71. The standard InChI is InChI=1S/C10H9BrClN3O2/c11-6-3-5(4-13-9(6)12)14-10(17)7-1-2-8(16)15-7/h3-4,7H,1-2H2,(H,14,17)(H,15,16). The molecule has 90 valence electrons. The molecule has 2 N–H and O–H groups in total. The fourth-order valence-corrected chi connectivity index (χ4v) is 1.98. The van der Waals surface area contributed by atoms with Gasteiger partial charge < -0.3 is 10.6 Å². The quantitative estimate of drug-likeness (QED) is 0.816. The van der Waals surface area contributed by atoms with E-state index in [0.717, 1.165) is 0 Å². The van der Waals surface area contributed by atoms with Crippen molar-refractivity contribution in [3.63, 3.8) is 0 Å². The number of pyridine rings is 1. The number of carbonyl (C=O) groups excluding carboxylic acids is 2. The molecule has 1 atom stereocenters. The molecule has 0 aliphatic carbocycles. The average Bonchev–Trinajstić information content (AvgIpc) is 2.70. The molecular weight excluding hydrogens is 309 g/mol. The normalized spacial score (nSPS) is 18.9. The molecular formula is C10H9BrClN3O2. The molecule has 2 heterocycles. The Hall–Kier alpha value is -1.14. The van der Waals surface area contributed by atoms with Gasteiger partial charge in [0.1, 0.15) is 11.2 Å². The number of halogens is 2. The van der Waals surface area contributed by atoms with Crippen LogP contribution < -0.4 is 10.6 Å². The number of hydrogen-bond acceptors (Lipinski definition) is 3. The van der Waals surface area contributed by atoms with Crippen LogP contribution in [0.1, 0.15) is 12.8 Å². The fraction of sp³-hybridized carbons (Fsp3) is 0.300. The van der Waals surface area contributed by atoms with E-state index in [2.05, 4.69) is 31.5 Å². The van der Waals surface area contributed by atoms with E-state index in [4.69, 9.17) is 11.6 Å².